The molecule has 0 saturated carbocycles. The molecule has 0 atom stereocenters. The summed E-state index contributed by atoms with van der Waals surface area (Å²) in [6.07, 6.45) is 0. The molecule has 1 aromatic carbocycles. The lowest BCUT2D eigenvalue weighted by Gasteiger charge is -2.07. The molecular weight excluding hydrogens is 258 g/mol. The van der Waals surface area contributed by atoms with Gasteiger partial charge >= 0.3 is 5.97 Å². The fraction of sp³-hybridized carbons (Fsp3) is 0.333. The molecule has 0 saturated heterocycles. The predicted octanol–water partition coefficient (Wildman–Crippen LogP) is 3.91. The molecule has 0 unspecified atom stereocenters. The molecule has 0 radical (unpaired) electrons. The van der Waals surface area contributed by atoms with Crippen molar-refractivity contribution < 1.29 is 9.53 Å². The number of hydrogen-bond acceptors (Lipinski definition) is 4. The van der Waals surface area contributed by atoms with E-state index in [9.17, 15) is 4.79 Å². The highest BCUT2D eigenvalue weighted by Crippen LogP contribution is 2.29. The molecule has 2 aromatic rings. The van der Waals surface area contributed by atoms with Gasteiger partial charge in [-0.15, -0.1) is 11.3 Å². The van der Waals surface area contributed by atoms with Crippen LogP contribution in [0.25, 0.3) is 10.6 Å². The van der Waals surface area contributed by atoms with Gasteiger partial charge in [0.05, 0.1) is 6.61 Å². The van der Waals surface area contributed by atoms with Crippen LogP contribution < -0.4 is 0 Å². The van der Waals surface area contributed by atoms with Gasteiger partial charge in [0.25, 0.3) is 0 Å². The first-order chi connectivity index (χ1) is 9.02. The molecule has 0 amide bonds. The SMILES string of the molecule is CCOC(=O)c1csc(-c2cc(C)c(C)cc2C)n1. The van der Waals surface area contributed by atoms with E-state index in [1.807, 2.05) is 0 Å². The maximum absolute atomic E-state index is 11.6. The van der Waals surface area contributed by atoms with Crippen LogP contribution >= 0.6 is 11.3 Å². The molecule has 0 N–H and O–H groups in total. The first-order valence-electron chi connectivity index (χ1n) is 6.23. The van der Waals surface area contributed by atoms with Crippen LogP contribution in [0.15, 0.2) is 17.5 Å². The topological polar surface area (TPSA) is 39.2 Å². The molecule has 3 nitrogen and oxygen atoms in total. The number of rotatable bonds is 3. The maximum atomic E-state index is 11.6. The molecule has 4 heteroatoms. The Morgan fingerprint density at radius 1 is 1.21 bits per heavy atom. The largest absolute Gasteiger partial charge is 0.461 e. The van der Waals surface area contributed by atoms with Crippen molar-refractivity contribution in [3.8, 4) is 10.6 Å². The van der Waals surface area contributed by atoms with Crippen LogP contribution in [0.2, 0.25) is 0 Å². The monoisotopic (exact) mass is 275 g/mol. The summed E-state index contributed by atoms with van der Waals surface area (Å²) in [5, 5.41) is 2.62. The number of ether oxygens (including phenoxy) is 1. The maximum Gasteiger partial charge on any atom is 0.357 e. The van der Waals surface area contributed by atoms with Crippen molar-refractivity contribution in [2.75, 3.05) is 6.61 Å². The summed E-state index contributed by atoms with van der Waals surface area (Å²) in [6.45, 7) is 8.40. The van der Waals surface area contributed by atoms with E-state index in [2.05, 4.69) is 37.9 Å². The molecule has 2 rings (SSSR count). The zero-order chi connectivity index (χ0) is 14.0. The molecule has 19 heavy (non-hydrogen) atoms. The summed E-state index contributed by atoms with van der Waals surface area (Å²) < 4.78 is 4.96. The smallest absolute Gasteiger partial charge is 0.357 e. The van der Waals surface area contributed by atoms with Gasteiger partial charge in [0.1, 0.15) is 5.01 Å². The van der Waals surface area contributed by atoms with Gasteiger partial charge in [0.15, 0.2) is 5.69 Å². The van der Waals surface area contributed by atoms with Crippen molar-refractivity contribution in [3.05, 3.63) is 39.9 Å². The van der Waals surface area contributed by atoms with Crippen molar-refractivity contribution in [1.29, 1.82) is 0 Å². The molecular formula is C15H17NO2S. The Balaban J connectivity index is 2.38. The second-order valence-electron chi connectivity index (χ2n) is 4.51. The number of nitrogens with zero attached hydrogens (tertiary/aromatic N) is 1. The number of aromatic nitrogens is 1. The van der Waals surface area contributed by atoms with Gasteiger partial charge in [-0.2, -0.15) is 0 Å². The Labute approximate surface area is 117 Å². The van der Waals surface area contributed by atoms with Crippen LogP contribution in [0.1, 0.15) is 34.1 Å². The van der Waals surface area contributed by atoms with Crippen LogP contribution in [-0.2, 0) is 4.74 Å². The highest BCUT2D eigenvalue weighted by Gasteiger charge is 2.14. The Hall–Kier alpha value is -1.68. The fourth-order valence-corrected chi connectivity index (χ4v) is 2.76. The number of carbonyl (C=O) groups excluding carboxylic acids is 1. The normalized spacial score (nSPS) is 10.5. The average molecular weight is 275 g/mol. The molecule has 0 aliphatic heterocycles. The Morgan fingerprint density at radius 3 is 2.58 bits per heavy atom. The molecule has 0 aliphatic rings. The van der Waals surface area contributed by atoms with Crippen molar-refractivity contribution in [2.24, 2.45) is 0 Å². The van der Waals surface area contributed by atoms with E-state index in [0.717, 1.165) is 10.6 Å². The van der Waals surface area contributed by atoms with Crippen molar-refractivity contribution in [1.82, 2.24) is 4.98 Å². The van der Waals surface area contributed by atoms with Crippen LogP contribution in [0.4, 0.5) is 0 Å². The molecule has 100 valence electrons. The fourth-order valence-electron chi connectivity index (χ4n) is 1.89. The summed E-state index contributed by atoms with van der Waals surface area (Å²) in [5.74, 6) is -0.355. The summed E-state index contributed by atoms with van der Waals surface area (Å²) in [5.41, 5.74) is 5.15. The van der Waals surface area contributed by atoms with Crippen LogP contribution in [0.3, 0.4) is 0 Å². The highest BCUT2D eigenvalue weighted by atomic mass is 32.1. The zero-order valence-electron chi connectivity index (χ0n) is 11.6. The molecule has 0 aliphatic carbocycles. The third-order valence-electron chi connectivity index (χ3n) is 3.06. The number of esters is 1. The van der Waals surface area contributed by atoms with E-state index < -0.39 is 0 Å². The van der Waals surface area contributed by atoms with Gasteiger partial charge in [-0.3, -0.25) is 0 Å². The summed E-state index contributed by atoms with van der Waals surface area (Å²) >= 11 is 1.47. The van der Waals surface area contributed by atoms with Crippen molar-refractivity contribution in [3.63, 3.8) is 0 Å². The van der Waals surface area contributed by atoms with E-state index in [4.69, 9.17) is 4.74 Å². The molecule has 1 aromatic heterocycles. The Kier molecular flexibility index (Phi) is 4.00. The number of aryl methyl sites for hydroxylation is 3. The van der Waals surface area contributed by atoms with Crippen LogP contribution in [0, 0.1) is 20.8 Å². The predicted molar refractivity (Wildman–Crippen MR) is 77.7 cm³/mol. The molecule has 1 heterocycles. The van der Waals surface area contributed by atoms with E-state index in [0.29, 0.717) is 12.3 Å². The zero-order valence-corrected chi connectivity index (χ0v) is 12.4. The van der Waals surface area contributed by atoms with Crippen LogP contribution in [-0.4, -0.2) is 17.6 Å². The lowest BCUT2D eigenvalue weighted by molar-refractivity contribution is 0.0520. The van der Waals surface area contributed by atoms with Gasteiger partial charge in [-0.1, -0.05) is 6.07 Å². The second kappa shape index (κ2) is 5.53. The standard InChI is InChI=1S/C15H17NO2S/c1-5-18-15(17)13-8-19-14(16-13)12-7-10(3)9(2)6-11(12)4/h6-8H,5H2,1-4H3. The molecule has 0 spiro atoms. The lowest BCUT2D eigenvalue weighted by Crippen LogP contribution is -2.04. The lowest BCUT2D eigenvalue weighted by atomic mass is 10.0. The quantitative estimate of drug-likeness (QED) is 0.797. The van der Waals surface area contributed by atoms with Gasteiger partial charge in [-0.25, -0.2) is 9.78 Å². The number of thiazole rings is 1. The minimum atomic E-state index is -0.355. The van der Waals surface area contributed by atoms with E-state index in [1.54, 1.807) is 12.3 Å². The summed E-state index contributed by atoms with van der Waals surface area (Å²) in [4.78, 5) is 16.0. The Morgan fingerprint density at radius 2 is 1.89 bits per heavy atom. The molecule has 0 fully saturated rings. The van der Waals surface area contributed by atoms with Crippen LogP contribution in [0.5, 0.6) is 0 Å². The van der Waals surface area contributed by atoms with Crippen molar-refractivity contribution in [2.45, 2.75) is 27.7 Å². The van der Waals surface area contributed by atoms with Gasteiger partial charge < -0.3 is 4.74 Å². The second-order valence-corrected chi connectivity index (χ2v) is 5.37. The number of hydrogen-bond donors (Lipinski definition) is 0. The minimum Gasteiger partial charge on any atom is -0.461 e. The first-order valence-corrected chi connectivity index (χ1v) is 7.11. The first kappa shape index (κ1) is 13.7. The van der Waals surface area contributed by atoms with E-state index in [1.165, 1.54) is 28.0 Å². The van der Waals surface area contributed by atoms with Gasteiger partial charge in [0, 0.05) is 10.9 Å². The third-order valence-corrected chi connectivity index (χ3v) is 3.94. The number of benzene rings is 1. The average Bonchev–Trinajstić information content (AvgIpc) is 2.83. The van der Waals surface area contributed by atoms with E-state index in [-0.39, 0.29) is 5.97 Å². The van der Waals surface area contributed by atoms with Gasteiger partial charge in [-0.05, 0) is 50.5 Å². The molecule has 0 bridgehead atoms. The third kappa shape index (κ3) is 2.84. The van der Waals surface area contributed by atoms with E-state index >= 15 is 0 Å². The Bertz CT molecular complexity index is 617. The highest BCUT2D eigenvalue weighted by molar-refractivity contribution is 7.13. The van der Waals surface area contributed by atoms with Crippen molar-refractivity contribution >= 4 is 17.3 Å². The summed E-state index contributed by atoms with van der Waals surface area (Å²) in [6, 6.07) is 4.27. The van der Waals surface area contributed by atoms with Gasteiger partial charge in [0.2, 0.25) is 0 Å². The number of carbonyl (C=O) groups is 1. The minimum absolute atomic E-state index is 0.355. The summed E-state index contributed by atoms with van der Waals surface area (Å²) in [7, 11) is 0.